The summed E-state index contributed by atoms with van der Waals surface area (Å²) in [6.45, 7) is 1.57. The molecule has 1 aliphatic heterocycles. The molecule has 1 saturated heterocycles. The minimum absolute atomic E-state index is 0.0769. The Hall–Kier alpha value is -1.60. The first-order chi connectivity index (χ1) is 8.17. The zero-order valence-electron chi connectivity index (χ0n) is 9.95. The fraction of sp³-hybridized carbons (Fsp3) is 0.700. The number of alkyl halides is 3. The van der Waals surface area contributed by atoms with E-state index in [-0.39, 0.29) is 4.90 Å². The highest BCUT2D eigenvalue weighted by molar-refractivity contribution is 6.14. The number of urea groups is 1. The van der Waals surface area contributed by atoms with E-state index in [0.29, 0.717) is 11.3 Å². The molecule has 4 amide bonds. The number of carbonyl (C=O) groups is 3. The molecule has 8 heteroatoms. The van der Waals surface area contributed by atoms with Crippen LogP contribution in [-0.2, 0) is 9.59 Å². The summed E-state index contributed by atoms with van der Waals surface area (Å²) in [4.78, 5) is 35.3. The maximum atomic E-state index is 12.2. The predicted octanol–water partition coefficient (Wildman–Crippen LogP) is 1.53. The average molecular weight is 266 g/mol. The molecule has 0 aromatic rings. The van der Waals surface area contributed by atoms with Gasteiger partial charge in [-0.1, -0.05) is 6.92 Å². The standard InChI is InChI=1S/C10H13F3N2O3/c1-3-6(2)15-8(17)4-7(16)14(9(15)18)5-10(11,12)13/h6H,3-5H2,1-2H3. The van der Waals surface area contributed by atoms with Gasteiger partial charge in [-0.05, 0) is 13.3 Å². The third kappa shape index (κ3) is 2.99. The van der Waals surface area contributed by atoms with Gasteiger partial charge in [-0.3, -0.25) is 19.4 Å². The van der Waals surface area contributed by atoms with Crippen molar-refractivity contribution in [2.75, 3.05) is 6.54 Å². The Labute approximate surface area is 102 Å². The van der Waals surface area contributed by atoms with Crippen molar-refractivity contribution in [1.29, 1.82) is 0 Å². The topological polar surface area (TPSA) is 57.7 Å². The Morgan fingerprint density at radius 1 is 1.22 bits per heavy atom. The lowest BCUT2D eigenvalue weighted by Gasteiger charge is -2.36. The van der Waals surface area contributed by atoms with E-state index in [1.807, 2.05) is 0 Å². The molecule has 5 nitrogen and oxygen atoms in total. The fourth-order valence-electron chi connectivity index (χ4n) is 1.61. The molecule has 18 heavy (non-hydrogen) atoms. The van der Waals surface area contributed by atoms with Crippen LogP contribution in [0.4, 0.5) is 18.0 Å². The van der Waals surface area contributed by atoms with Crippen molar-refractivity contribution in [3.8, 4) is 0 Å². The summed E-state index contributed by atoms with van der Waals surface area (Å²) in [5, 5.41) is 0. The second kappa shape index (κ2) is 4.95. The number of imide groups is 2. The number of hydrogen-bond acceptors (Lipinski definition) is 3. The molecular weight excluding hydrogens is 253 g/mol. The zero-order chi connectivity index (χ0) is 14.1. The van der Waals surface area contributed by atoms with E-state index in [1.165, 1.54) is 6.92 Å². The molecule has 1 unspecified atom stereocenters. The normalized spacial score (nSPS) is 19.5. The summed E-state index contributed by atoms with van der Waals surface area (Å²) in [6.07, 6.45) is -4.97. The van der Waals surface area contributed by atoms with Crippen LogP contribution in [0.15, 0.2) is 0 Å². The van der Waals surface area contributed by atoms with Crippen molar-refractivity contribution in [3.63, 3.8) is 0 Å². The van der Waals surface area contributed by atoms with E-state index in [1.54, 1.807) is 6.92 Å². The Bertz CT molecular complexity index is 381. The van der Waals surface area contributed by atoms with Crippen LogP contribution in [-0.4, -0.2) is 46.4 Å². The molecule has 0 aliphatic carbocycles. The first-order valence-electron chi connectivity index (χ1n) is 5.40. The summed E-state index contributed by atoms with van der Waals surface area (Å²) >= 11 is 0. The highest BCUT2D eigenvalue weighted by Gasteiger charge is 2.44. The van der Waals surface area contributed by atoms with Gasteiger partial charge in [0.15, 0.2) is 0 Å². The van der Waals surface area contributed by atoms with E-state index >= 15 is 0 Å². The van der Waals surface area contributed by atoms with Crippen LogP contribution in [0, 0.1) is 0 Å². The molecular formula is C10H13F3N2O3. The summed E-state index contributed by atoms with van der Waals surface area (Å²) in [7, 11) is 0. The van der Waals surface area contributed by atoms with Gasteiger partial charge < -0.3 is 0 Å². The molecule has 0 bridgehead atoms. The maximum Gasteiger partial charge on any atom is 0.406 e. The van der Waals surface area contributed by atoms with E-state index < -0.39 is 43.0 Å². The van der Waals surface area contributed by atoms with Crippen LogP contribution in [0.1, 0.15) is 26.7 Å². The molecule has 0 saturated carbocycles. The van der Waals surface area contributed by atoms with Gasteiger partial charge in [0.2, 0.25) is 11.8 Å². The van der Waals surface area contributed by atoms with Gasteiger partial charge in [-0.15, -0.1) is 0 Å². The van der Waals surface area contributed by atoms with Crippen LogP contribution in [0.5, 0.6) is 0 Å². The summed E-state index contributed by atoms with van der Waals surface area (Å²) in [5.74, 6) is -1.86. The monoisotopic (exact) mass is 266 g/mol. The second-order valence-electron chi connectivity index (χ2n) is 4.08. The summed E-state index contributed by atoms with van der Waals surface area (Å²) < 4.78 is 36.7. The van der Waals surface area contributed by atoms with Crippen molar-refractivity contribution in [2.45, 2.75) is 38.9 Å². The molecule has 0 radical (unpaired) electrons. The van der Waals surface area contributed by atoms with E-state index in [0.717, 1.165) is 0 Å². The van der Waals surface area contributed by atoms with E-state index in [9.17, 15) is 27.6 Å². The number of rotatable bonds is 3. The highest BCUT2D eigenvalue weighted by atomic mass is 19.4. The van der Waals surface area contributed by atoms with Gasteiger partial charge in [-0.25, -0.2) is 4.79 Å². The lowest BCUT2D eigenvalue weighted by Crippen LogP contribution is -2.59. The molecule has 102 valence electrons. The molecule has 1 atom stereocenters. The van der Waals surface area contributed by atoms with Gasteiger partial charge in [0.25, 0.3) is 0 Å². The number of hydrogen-bond donors (Lipinski definition) is 0. The quantitative estimate of drug-likeness (QED) is 0.728. The Kier molecular flexibility index (Phi) is 3.98. The molecule has 1 fully saturated rings. The smallest absolute Gasteiger partial charge is 0.274 e. The van der Waals surface area contributed by atoms with Gasteiger partial charge in [-0.2, -0.15) is 13.2 Å². The molecule has 0 aromatic carbocycles. The lowest BCUT2D eigenvalue weighted by atomic mass is 10.1. The molecule has 1 aliphatic rings. The molecule has 0 N–H and O–H groups in total. The molecule has 0 spiro atoms. The summed E-state index contributed by atoms with van der Waals surface area (Å²) in [5.41, 5.74) is 0. The highest BCUT2D eigenvalue weighted by Crippen LogP contribution is 2.22. The molecule has 1 heterocycles. The van der Waals surface area contributed by atoms with Gasteiger partial charge in [0.05, 0.1) is 0 Å². The van der Waals surface area contributed by atoms with E-state index in [2.05, 4.69) is 0 Å². The second-order valence-corrected chi connectivity index (χ2v) is 4.08. The minimum Gasteiger partial charge on any atom is -0.274 e. The molecule has 0 aromatic heterocycles. The van der Waals surface area contributed by atoms with Gasteiger partial charge in [0.1, 0.15) is 13.0 Å². The zero-order valence-corrected chi connectivity index (χ0v) is 9.95. The first kappa shape index (κ1) is 14.5. The van der Waals surface area contributed by atoms with Crippen LogP contribution < -0.4 is 0 Å². The molecule has 1 rings (SSSR count). The Balaban J connectivity index is 2.96. The third-order valence-corrected chi connectivity index (χ3v) is 2.68. The third-order valence-electron chi connectivity index (χ3n) is 2.68. The number of amides is 4. The number of barbiturate groups is 1. The van der Waals surface area contributed by atoms with Crippen molar-refractivity contribution in [1.82, 2.24) is 9.80 Å². The fourth-order valence-corrected chi connectivity index (χ4v) is 1.61. The van der Waals surface area contributed by atoms with Gasteiger partial charge in [0, 0.05) is 6.04 Å². The first-order valence-corrected chi connectivity index (χ1v) is 5.40. The van der Waals surface area contributed by atoms with Crippen LogP contribution in [0.25, 0.3) is 0 Å². The number of carbonyl (C=O) groups excluding carboxylic acids is 3. The van der Waals surface area contributed by atoms with Crippen LogP contribution >= 0.6 is 0 Å². The number of nitrogens with zero attached hydrogens (tertiary/aromatic N) is 2. The van der Waals surface area contributed by atoms with E-state index in [4.69, 9.17) is 0 Å². The van der Waals surface area contributed by atoms with Crippen LogP contribution in [0.2, 0.25) is 0 Å². The average Bonchev–Trinajstić information content (AvgIpc) is 2.22. The Morgan fingerprint density at radius 2 is 1.78 bits per heavy atom. The summed E-state index contributed by atoms with van der Waals surface area (Å²) in [6, 6.07) is -1.73. The van der Waals surface area contributed by atoms with Crippen molar-refractivity contribution < 1.29 is 27.6 Å². The maximum absolute atomic E-state index is 12.2. The number of halogens is 3. The Morgan fingerprint density at radius 3 is 2.22 bits per heavy atom. The van der Waals surface area contributed by atoms with Crippen molar-refractivity contribution >= 4 is 17.8 Å². The SMILES string of the molecule is CCC(C)N1C(=O)CC(=O)N(CC(F)(F)F)C1=O. The van der Waals surface area contributed by atoms with Gasteiger partial charge >= 0.3 is 12.2 Å². The van der Waals surface area contributed by atoms with Crippen molar-refractivity contribution in [3.05, 3.63) is 0 Å². The van der Waals surface area contributed by atoms with Crippen LogP contribution in [0.3, 0.4) is 0 Å². The minimum atomic E-state index is -4.67. The predicted molar refractivity (Wildman–Crippen MR) is 54.4 cm³/mol. The largest absolute Gasteiger partial charge is 0.406 e. The van der Waals surface area contributed by atoms with Crippen molar-refractivity contribution in [2.24, 2.45) is 0 Å². The lowest BCUT2D eigenvalue weighted by molar-refractivity contribution is -0.162.